The molecule has 0 amide bonds. The molecule has 0 spiro atoms. The summed E-state index contributed by atoms with van der Waals surface area (Å²) in [5.41, 5.74) is 2.45. The van der Waals surface area contributed by atoms with Gasteiger partial charge in [-0.05, 0) is 76.4 Å². The number of hydrogen-bond donors (Lipinski definition) is 1. The van der Waals surface area contributed by atoms with Crippen LogP contribution < -0.4 is 5.32 Å². The fourth-order valence-electron chi connectivity index (χ4n) is 2.05. The van der Waals surface area contributed by atoms with E-state index in [4.69, 9.17) is 0 Å². The first-order chi connectivity index (χ1) is 8.88. The number of hydrogen-bond acceptors (Lipinski definition) is 2. The Morgan fingerprint density at radius 1 is 1.05 bits per heavy atom. The van der Waals surface area contributed by atoms with Gasteiger partial charge in [0.25, 0.3) is 0 Å². The largest absolute Gasteiger partial charge is 0.377 e. The SMILES string of the molecule is Cc1cc(C(C)Nc2c(Br)cc(Br)cc2Br)c(C)s1. The maximum atomic E-state index is 3.60. The maximum absolute atomic E-state index is 3.60. The first kappa shape index (κ1) is 15.5. The lowest BCUT2D eigenvalue weighted by Crippen LogP contribution is -2.07. The van der Waals surface area contributed by atoms with Gasteiger partial charge in [-0.15, -0.1) is 11.3 Å². The molecule has 0 aliphatic heterocycles. The number of aryl methyl sites for hydroxylation is 2. The molecule has 2 rings (SSSR count). The quantitative estimate of drug-likeness (QED) is 0.521. The second kappa shape index (κ2) is 6.29. The molecule has 1 atom stereocenters. The third-order valence-corrected chi connectivity index (χ3v) is 5.60. The van der Waals surface area contributed by atoms with Gasteiger partial charge in [0.05, 0.1) is 5.69 Å². The van der Waals surface area contributed by atoms with Crippen molar-refractivity contribution in [3.05, 3.63) is 46.9 Å². The van der Waals surface area contributed by atoms with E-state index in [-0.39, 0.29) is 6.04 Å². The van der Waals surface area contributed by atoms with Crippen LogP contribution in [0.4, 0.5) is 5.69 Å². The normalized spacial score (nSPS) is 12.5. The first-order valence-electron chi connectivity index (χ1n) is 5.86. The van der Waals surface area contributed by atoms with Gasteiger partial charge in [-0.3, -0.25) is 0 Å². The average Bonchev–Trinajstić information content (AvgIpc) is 2.62. The number of benzene rings is 1. The minimum absolute atomic E-state index is 0.277. The smallest absolute Gasteiger partial charge is 0.0634 e. The monoisotopic (exact) mass is 465 g/mol. The Labute approximate surface area is 143 Å². The van der Waals surface area contributed by atoms with Gasteiger partial charge in [0.15, 0.2) is 0 Å². The number of nitrogens with one attached hydrogen (secondary N) is 1. The molecule has 0 saturated carbocycles. The summed E-state index contributed by atoms with van der Waals surface area (Å²) in [6, 6.07) is 6.63. The van der Waals surface area contributed by atoms with E-state index in [1.54, 1.807) is 0 Å². The van der Waals surface area contributed by atoms with E-state index in [0.717, 1.165) is 19.1 Å². The zero-order valence-electron chi connectivity index (χ0n) is 10.9. The minimum atomic E-state index is 0.277. The van der Waals surface area contributed by atoms with Crippen molar-refractivity contribution < 1.29 is 0 Å². The van der Waals surface area contributed by atoms with Crippen LogP contribution in [-0.2, 0) is 0 Å². The average molecular weight is 468 g/mol. The predicted molar refractivity (Wildman–Crippen MR) is 95.4 cm³/mol. The molecule has 0 radical (unpaired) electrons. The van der Waals surface area contributed by atoms with E-state index in [0.29, 0.717) is 0 Å². The second-order valence-electron chi connectivity index (χ2n) is 4.48. The summed E-state index contributed by atoms with van der Waals surface area (Å²) in [5.74, 6) is 0. The summed E-state index contributed by atoms with van der Waals surface area (Å²) in [7, 11) is 0. The molecule has 2 aromatic rings. The van der Waals surface area contributed by atoms with E-state index >= 15 is 0 Å². The number of rotatable bonds is 3. The highest BCUT2D eigenvalue weighted by Crippen LogP contribution is 2.37. The van der Waals surface area contributed by atoms with Crippen LogP contribution in [0.25, 0.3) is 0 Å². The van der Waals surface area contributed by atoms with E-state index in [2.05, 4.69) is 79.9 Å². The van der Waals surface area contributed by atoms with Crippen molar-refractivity contribution in [2.75, 3.05) is 5.32 Å². The molecule has 0 saturated heterocycles. The summed E-state index contributed by atoms with van der Waals surface area (Å²) < 4.78 is 3.14. The summed E-state index contributed by atoms with van der Waals surface area (Å²) in [6.45, 7) is 6.52. The lowest BCUT2D eigenvalue weighted by atomic mass is 10.1. The third-order valence-electron chi connectivity index (χ3n) is 2.91. The third kappa shape index (κ3) is 3.63. The van der Waals surface area contributed by atoms with Gasteiger partial charge in [0.2, 0.25) is 0 Å². The molecule has 0 fully saturated rings. The molecule has 1 aromatic heterocycles. The Morgan fingerprint density at radius 3 is 2.11 bits per heavy atom. The highest BCUT2D eigenvalue weighted by atomic mass is 79.9. The number of thiophene rings is 1. The van der Waals surface area contributed by atoms with E-state index in [1.807, 2.05) is 23.5 Å². The molecule has 1 aromatic carbocycles. The van der Waals surface area contributed by atoms with Crippen molar-refractivity contribution >= 4 is 64.8 Å². The van der Waals surface area contributed by atoms with Gasteiger partial charge in [0.1, 0.15) is 0 Å². The van der Waals surface area contributed by atoms with Crippen molar-refractivity contribution in [3.8, 4) is 0 Å². The van der Waals surface area contributed by atoms with Crippen LogP contribution in [0.5, 0.6) is 0 Å². The van der Waals surface area contributed by atoms with Crippen molar-refractivity contribution in [1.82, 2.24) is 0 Å². The number of halogens is 3. The second-order valence-corrected chi connectivity index (χ2v) is 8.56. The van der Waals surface area contributed by atoms with Gasteiger partial charge in [-0.1, -0.05) is 15.9 Å². The van der Waals surface area contributed by atoms with Crippen LogP contribution >= 0.6 is 59.1 Å². The van der Waals surface area contributed by atoms with E-state index < -0.39 is 0 Å². The number of anilines is 1. The van der Waals surface area contributed by atoms with Crippen LogP contribution in [0.3, 0.4) is 0 Å². The molecular weight excluding hydrogens is 454 g/mol. The van der Waals surface area contributed by atoms with Gasteiger partial charge in [-0.2, -0.15) is 0 Å². The Hall–Kier alpha value is 0.160. The van der Waals surface area contributed by atoms with Gasteiger partial charge >= 0.3 is 0 Å². The fourth-order valence-corrected chi connectivity index (χ4v) is 5.56. The Morgan fingerprint density at radius 2 is 1.63 bits per heavy atom. The summed E-state index contributed by atoms with van der Waals surface area (Å²) in [6.07, 6.45) is 0. The minimum Gasteiger partial charge on any atom is -0.377 e. The first-order valence-corrected chi connectivity index (χ1v) is 9.06. The predicted octanol–water partition coefficient (Wildman–Crippen LogP) is 6.83. The van der Waals surface area contributed by atoms with Crippen molar-refractivity contribution in [2.24, 2.45) is 0 Å². The standard InChI is InChI=1S/C14H14Br3NS/c1-7-4-11(9(3)19-7)8(2)18-14-12(16)5-10(15)6-13(14)17/h4-6,8,18H,1-3H3. The van der Waals surface area contributed by atoms with Crippen LogP contribution in [-0.4, -0.2) is 0 Å². The molecule has 0 aliphatic rings. The molecule has 19 heavy (non-hydrogen) atoms. The molecular formula is C14H14Br3NS. The Balaban J connectivity index is 2.29. The Kier molecular flexibility index (Phi) is 5.15. The molecule has 102 valence electrons. The molecule has 1 unspecified atom stereocenters. The van der Waals surface area contributed by atoms with Crippen LogP contribution in [0, 0.1) is 13.8 Å². The molecule has 1 heterocycles. The van der Waals surface area contributed by atoms with Crippen LogP contribution in [0.15, 0.2) is 31.6 Å². The summed E-state index contributed by atoms with van der Waals surface area (Å²) >= 11 is 12.5. The molecule has 0 bridgehead atoms. The molecule has 1 nitrogen and oxygen atoms in total. The zero-order valence-corrected chi connectivity index (χ0v) is 16.4. The lowest BCUT2D eigenvalue weighted by molar-refractivity contribution is 0.879. The van der Waals surface area contributed by atoms with Crippen molar-refractivity contribution in [3.63, 3.8) is 0 Å². The highest BCUT2D eigenvalue weighted by molar-refractivity contribution is 9.11. The van der Waals surface area contributed by atoms with Gasteiger partial charge in [0, 0.05) is 29.2 Å². The van der Waals surface area contributed by atoms with Crippen molar-refractivity contribution in [1.29, 1.82) is 0 Å². The van der Waals surface area contributed by atoms with Crippen LogP contribution in [0.2, 0.25) is 0 Å². The van der Waals surface area contributed by atoms with E-state index in [9.17, 15) is 0 Å². The molecule has 1 N–H and O–H groups in total. The fraction of sp³-hybridized carbons (Fsp3) is 0.286. The van der Waals surface area contributed by atoms with Crippen molar-refractivity contribution in [2.45, 2.75) is 26.8 Å². The molecule has 0 aliphatic carbocycles. The van der Waals surface area contributed by atoms with Gasteiger partial charge < -0.3 is 5.32 Å². The summed E-state index contributed by atoms with van der Waals surface area (Å²) in [4.78, 5) is 2.73. The summed E-state index contributed by atoms with van der Waals surface area (Å²) in [5, 5.41) is 3.57. The maximum Gasteiger partial charge on any atom is 0.0634 e. The highest BCUT2D eigenvalue weighted by Gasteiger charge is 2.14. The topological polar surface area (TPSA) is 12.0 Å². The van der Waals surface area contributed by atoms with Gasteiger partial charge in [-0.25, -0.2) is 0 Å². The lowest BCUT2D eigenvalue weighted by Gasteiger charge is -2.18. The van der Waals surface area contributed by atoms with Crippen LogP contribution in [0.1, 0.15) is 28.3 Å². The van der Waals surface area contributed by atoms with E-state index in [1.165, 1.54) is 15.3 Å². The zero-order chi connectivity index (χ0) is 14.2. The Bertz CT molecular complexity index is 584. The molecule has 5 heteroatoms.